The Hall–Kier alpha value is -1.63. The minimum Gasteiger partial charge on any atom is -0.507 e. The Morgan fingerprint density at radius 2 is 2.16 bits per heavy atom. The molecule has 1 aliphatic heterocycles. The molecule has 0 radical (unpaired) electrons. The fourth-order valence-electron chi connectivity index (χ4n) is 2.14. The van der Waals surface area contributed by atoms with Crippen molar-refractivity contribution < 1.29 is 22.7 Å². The molecule has 0 saturated carbocycles. The van der Waals surface area contributed by atoms with E-state index in [0.717, 1.165) is 18.2 Å². The fraction of sp³-hybridized carbons (Fsp3) is 0.417. The molecule has 1 fully saturated rings. The van der Waals surface area contributed by atoms with Crippen LogP contribution in [0.3, 0.4) is 0 Å². The highest BCUT2D eigenvalue weighted by atomic mass is 32.2. The molecule has 1 aromatic carbocycles. The van der Waals surface area contributed by atoms with Gasteiger partial charge >= 0.3 is 0 Å². The minimum atomic E-state index is -3.15. The molecular formula is C12H14FNO4S. The molecule has 1 heterocycles. The molecule has 0 aromatic heterocycles. The first-order valence-corrected chi connectivity index (χ1v) is 7.54. The van der Waals surface area contributed by atoms with Crippen molar-refractivity contribution in [2.45, 2.75) is 18.9 Å². The molecule has 19 heavy (non-hydrogen) atoms. The highest BCUT2D eigenvalue weighted by Crippen LogP contribution is 2.25. The largest absolute Gasteiger partial charge is 0.507 e. The predicted molar refractivity (Wildman–Crippen MR) is 67.2 cm³/mol. The number of carbonyl (C=O) groups is 1. The third kappa shape index (κ3) is 3.04. The van der Waals surface area contributed by atoms with Crippen LogP contribution in [0.2, 0.25) is 0 Å². The van der Waals surface area contributed by atoms with Gasteiger partial charge in [0.1, 0.15) is 11.6 Å². The number of hydrogen-bond donors (Lipinski definition) is 2. The summed E-state index contributed by atoms with van der Waals surface area (Å²) in [5, 5.41) is 12.1. The van der Waals surface area contributed by atoms with Crippen LogP contribution >= 0.6 is 0 Å². The van der Waals surface area contributed by atoms with Crippen LogP contribution in [0, 0.1) is 5.82 Å². The van der Waals surface area contributed by atoms with Crippen LogP contribution in [-0.2, 0) is 9.84 Å². The molecule has 2 rings (SSSR count). The van der Waals surface area contributed by atoms with Gasteiger partial charge in [0.2, 0.25) is 0 Å². The Morgan fingerprint density at radius 1 is 1.47 bits per heavy atom. The van der Waals surface area contributed by atoms with Crippen molar-refractivity contribution in [3.05, 3.63) is 29.6 Å². The molecule has 1 saturated heterocycles. The normalized spacial score (nSPS) is 25.2. The summed E-state index contributed by atoms with van der Waals surface area (Å²) in [7, 11) is -3.15. The Kier molecular flexibility index (Phi) is 3.25. The second kappa shape index (κ2) is 4.48. The molecule has 1 aliphatic rings. The van der Waals surface area contributed by atoms with Gasteiger partial charge in [-0.2, -0.15) is 0 Å². The zero-order valence-corrected chi connectivity index (χ0v) is 11.1. The van der Waals surface area contributed by atoms with E-state index >= 15 is 0 Å². The molecule has 2 N–H and O–H groups in total. The van der Waals surface area contributed by atoms with Crippen LogP contribution in [0.15, 0.2) is 18.2 Å². The third-order valence-electron chi connectivity index (χ3n) is 3.12. The summed E-state index contributed by atoms with van der Waals surface area (Å²) >= 11 is 0. The summed E-state index contributed by atoms with van der Waals surface area (Å²) in [6, 6.07) is 3.03. The Balaban J connectivity index is 2.20. The smallest absolute Gasteiger partial charge is 0.255 e. The average Bonchev–Trinajstić information content (AvgIpc) is 2.56. The summed E-state index contributed by atoms with van der Waals surface area (Å²) in [4.78, 5) is 12.0. The van der Waals surface area contributed by atoms with Crippen LogP contribution < -0.4 is 5.32 Å². The summed E-state index contributed by atoms with van der Waals surface area (Å²) in [6.45, 7) is 1.62. The van der Waals surface area contributed by atoms with Gasteiger partial charge in [0.05, 0.1) is 22.6 Å². The summed E-state index contributed by atoms with van der Waals surface area (Å²) in [5.74, 6) is -1.81. The van der Waals surface area contributed by atoms with Gasteiger partial charge in [-0.15, -0.1) is 0 Å². The second-order valence-electron chi connectivity index (χ2n) is 5.02. The number of hydrogen-bond acceptors (Lipinski definition) is 4. The molecule has 0 aliphatic carbocycles. The maximum Gasteiger partial charge on any atom is 0.255 e. The molecule has 1 unspecified atom stereocenters. The van der Waals surface area contributed by atoms with E-state index < -0.39 is 27.1 Å². The summed E-state index contributed by atoms with van der Waals surface area (Å²) in [6.07, 6.45) is 0.303. The molecule has 1 amide bonds. The Morgan fingerprint density at radius 3 is 2.74 bits per heavy atom. The van der Waals surface area contributed by atoms with Crippen molar-refractivity contribution >= 4 is 15.7 Å². The van der Waals surface area contributed by atoms with E-state index in [1.165, 1.54) is 0 Å². The number of aromatic hydroxyl groups is 1. The first kappa shape index (κ1) is 13.8. The van der Waals surface area contributed by atoms with E-state index in [0.29, 0.717) is 6.42 Å². The number of sulfone groups is 1. The van der Waals surface area contributed by atoms with Crippen molar-refractivity contribution in [1.29, 1.82) is 0 Å². The molecule has 1 aromatic rings. The molecule has 0 bridgehead atoms. The van der Waals surface area contributed by atoms with Crippen LogP contribution in [-0.4, -0.2) is 36.5 Å². The first-order valence-electron chi connectivity index (χ1n) is 5.72. The maximum atomic E-state index is 13.1. The monoisotopic (exact) mass is 287 g/mol. The van der Waals surface area contributed by atoms with Gasteiger partial charge in [-0.25, -0.2) is 12.8 Å². The fourth-order valence-corrected chi connectivity index (χ4v) is 4.23. The number of phenolic OH excluding ortho intramolecular Hbond substituents is 1. The standard InChI is InChI=1S/C12H14FNO4S/c1-12(4-5-19(17,18)7-12)14-11(16)9-6-8(13)2-3-10(9)15/h2-3,6,15H,4-5,7H2,1H3,(H,14,16). The quantitative estimate of drug-likeness (QED) is 0.844. The zero-order chi connectivity index (χ0) is 14.3. The van der Waals surface area contributed by atoms with Crippen molar-refractivity contribution in [2.75, 3.05) is 11.5 Å². The lowest BCUT2D eigenvalue weighted by Crippen LogP contribution is -2.46. The summed E-state index contributed by atoms with van der Waals surface area (Å²) < 4.78 is 35.9. The number of rotatable bonds is 2. The lowest BCUT2D eigenvalue weighted by Gasteiger charge is -2.24. The van der Waals surface area contributed by atoms with Gasteiger partial charge < -0.3 is 10.4 Å². The number of nitrogens with one attached hydrogen (secondary N) is 1. The van der Waals surface area contributed by atoms with Crippen molar-refractivity contribution in [1.82, 2.24) is 5.32 Å². The van der Waals surface area contributed by atoms with Gasteiger partial charge in [0.25, 0.3) is 5.91 Å². The molecule has 104 valence electrons. The van der Waals surface area contributed by atoms with Crippen LogP contribution in [0.1, 0.15) is 23.7 Å². The van der Waals surface area contributed by atoms with Gasteiger partial charge in [-0.05, 0) is 31.5 Å². The highest BCUT2D eigenvalue weighted by molar-refractivity contribution is 7.91. The van der Waals surface area contributed by atoms with Gasteiger partial charge in [0.15, 0.2) is 9.84 Å². The van der Waals surface area contributed by atoms with E-state index in [1.54, 1.807) is 6.92 Å². The van der Waals surface area contributed by atoms with Gasteiger partial charge in [-0.1, -0.05) is 0 Å². The zero-order valence-electron chi connectivity index (χ0n) is 10.3. The Bertz CT molecular complexity index is 629. The SMILES string of the molecule is CC1(NC(=O)c2cc(F)ccc2O)CCS(=O)(=O)C1. The molecule has 0 spiro atoms. The molecule has 7 heteroatoms. The maximum absolute atomic E-state index is 13.1. The highest BCUT2D eigenvalue weighted by Gasteiger charge is 2.39. The van der Waals surface area contributed by atoms with Crippen molar-refractivity contribution in [3.8, 4) is 5.75 Å². The van der Waals surface area contributed by atoms with Crippen LogP contribution in [0.5, 0.6) is 5.75 Å². The van der Waals surface area contributed by atoms with E-state index in [1.807, 2.05) is 0 Å². The van der Waals surface area contributed by atoms with Gasteiger partial charge in [-0.3, -0.25) is 4.79 Å². The van der Waals surface area contributed by atoms with E-state index in [2.05, 4.69) is 5.32 Å². The number of benzene rings is 1. The third-order valence-corrected chi connectivity index (χ3v) is 5.02. The van der Waals surface area contributed by atoms with Crippen LogP contribution in [0.4, 0.5) is 4.39 Å². The summed E-state index contributed by atoms with van der Waals surface area (Å²) in [5.41, 5.74) is -1.08. The van der Waals surface area contributed by atoms with E-state index in [-0.39, 0.29) is 22.8 Å². The second-order valence-corrected chi connectivity index (χ2v) is 7.20. The lowest BCUT2D eigenvalue weighted by molar-refractivity contribution is 0.0912. The molecular weight excluding hydrogens is 273 g/mol. The lowest BCUT2D eigenvalue weighted by atomic mass is 10.0. The molecule has 1 atom stereocenters. The van der Waals surface area contributed by atoms with Crippen molar-refractivity contribution in [2.24, 2.45) is 0 Å². The van der Waals surface area contributed by atoms with E-state index in [9.17, 15) is 22.7 Å². The average molecular weight is 287 g/mol. The van der Waals surface area contributed by atoms with Crippen LogP contribution in [0.25, 0.3) is 0 Å². The number of phenols is 1. The van der Waals surface area contributed by atoms with Gasteiger partial charge in [0, 0.05) is 0 Å². The number of halogens is 1. The number of carbonyl (C=O) groups excluding carboxylic acids is 1. The predicted octanol–water partition coefficient (Wildman–Crippen LogP) is 0.838. The minimum absolute atomic E-state index is 0.0128. The topological polar surface area (TPSA) is 83.5 Å². The number of amides is 1. The van der Waals surface area contributed by atoms with Crippen molar-refractivity contribution in [3.63, 3.8) is 0 Å². The molecule has 5 nitrogen and oxygen atoms in total. The van der Waals surface area contributed by atoms with E-state index in [4.69, 9.17) is 0 Å². The first-order chi connectivity index (χ1) is 8.71. The Labute approximate surface area is 110 Å².